The van der Waals surface area contributed by atoms with Crippen LogP contribution in [0.5, 0.6) is 11.5 Å². The molecule has 5 heteroatoms. The van der Waals surface area contributed by atoms with Crippen molar-refractivity contribution in [1.82, 2.24) is 5.32 Å². The molecule has 138 valence electrons. The predicted molar refractivity (Wildman–Crippen MR) is 98.0 cm³/mol. The van der Waals surface area contributed by atoms with Crippen LogP contribution in [0.4, 0.5) is 0 Å². The van der Waals surface area contributed by atoms with E-state index in [9.17, 15) is 4.79 Å². The van der Waals surface area contributed by atoms with Crippen LogP contribution in [0, 0.1) is 5.92 Å². The number of ether oxygens (including phenoxy) is 2. The highest BCUT2D eigenvalue weighted by atomic mass is 16.6. The fourth-order valence-electron chi connectivity index (χ4n) is 3.99. The number of fused-ring (bicyclic) bond motifs is 1. The van der Waals surface area contributed by atoms with Gasteiger partial charge in [-0.3, -0.25) is 4.79 Å². The quantitative estimate of drug-likeness (QED) is 0.831. The van der Waals surface area contributed by atoms with Crippen molar-refractivity contribution in [3.05, 3.63) is 23.8 Å². The lowest BCUT2D eigenvalue weighted by Crippen LogP contribution is -2.46. The molecule has 0 bridgehead atoms. The first-order valence-corrected chi connectivity index (χ1v) is 9.44. The number of carbonyl (C=O) groups excluding carboxylic acids is 1. The summed E-state index contributed by atoms with van der Waals surface area (Å²) in [4.78, 5) is 12.4. The number of nitrogens with one attached hydrogen (secondary N) is 1. The number of rotatable bonds is 6. The minimum Gasteiger partial charge on any atom is -0.486 e. The highest BCUT2D eigenvalue weighted by Crippen LogP contribution is 2.43. The lowest BCUT2D eigenvalue weighted by Gasteiger charge is -2.32. The van der Waals surface area contributed by atoms with Gasteiger partial charge < -0.3 is 20.5 Å². The Kier molecular flexibility index (Phi) is 5.52. The van der Waals surface area contributed by atoms with Gasteiger partial charge in [-0.05, 0) is 42.9 Å². The van der Waals surface area contributed by atoms with Crippen LogP contribution in [0.3, 0.4) is 0 Å². The number of benzene rings is 1. The molecule has 1 aliphatic carbocycles. The fourth-order valence-corrected chi connectivity index (χ4v) is 3.99. The molecule has 25 heavy (non-hydrogen) atoms. The number of nitrogens with two attached hydrogens (primary N) is 1. The van der Waals surface area contributed by atoms with Gasteiger partial charge in [0, 0.05) is 12.0 Å². The van der Waals surface area contributed by atoms with Crippen molar-refractivity contribution in [3.63, 3.8) is 0 Å². The van der Waals surface area contributed by atoms with Crippen LogP contribution in [0.2, 0.25) is 0 Å². The molecule has 0 radical (unpaired) electrons. The second kappa shape index (κ2) is 7.65. The zero-order valence-electron chi connectivity index (χ0n) is 15.3. The van der Waals surface area contributed by atoms with Crippen molar-refractivity contribution in [3.8, 4) is 11.5 Å². The molecule has 0 saturated heterocycles. The maximum atomic E-state index is 12.4. The normalized spacial score (nSPS) is 19.7. The predicted octanol–water partition coefficient (Wildman–Crippen LogP) is 2.76. The van der Waals surface area contributed by atoms with Gasteiger partial charge in [0.15, 0.2) is 11.5 Å². The average molecular weight is 346 g/mol. The molecule has 1 fully saturated rings. The minimum atomic E-state index is -0.432. The van der Waals surface area contributed by atoms with Crippen LogP contribution in [0.25, 0.3) is 0 Å². The van der Waals surface area contributed by atoms with E-state index in [2.05, 4.69) is 31.3 Å². The Morgan fingerprint density at radius 3 is 2.56 bits per heavy atom. The zero-order valence-corrected chi connectivity index (χ0v) is 15.3. The van der Waals surface area contributed by atoms with Gasteiger partial charge >= 0.3 is 0 Å². The molecule has 3 rings (SSSR count). The summed E-state index contributed by atoms with van der Waals surface area (Å²) in [7, 11) is 0. The number of hydrogen-bond donors (Lipinski definition) is 2. The molecule has 1 aliphatic heterocycles. The molecule has 1 aromatic carbocycles. The molecule has 3 N–H and O–H groups in total. The summed E-state index contributed by atoms with van der Waals surface area (Å²) in [6, 6.07) is 5.79. The Hall–Kier alpha value is -1.75. The van der Waals surface area contributed by atoms with E-state index in [1.54, 1.807) is 0 Å². The molecule has 1 aromatic rings. The molecule has 0 aromatic heterocycles. The van der Waals surface area contributed by atoms with Crippen LogP contribution in [-0.4, -0.2) is 31.7 Å². The SMILES string of the molecule is CC(C)C[C@H](N)C(=O)NCC1(c2ccc3c(c2)OCCO3)CCCC1. The van der Waals surface area contributed by atoms with E-state index in [0.717, 1.165) is 24.3 Å². The van der Waals surface area contributed by atoms with Crippen molar-refractivity contribution in [1.29, 1.82) is 0 Å². The average Bonchev–Trinajstić information content (AvgIpc) is 3.09. The third-order valence-corrected chi connectivity index (χ3v) is 5.38. The van der Waals surface area contributed by atoms with Crippen LogP contribution < -0.4 is 20.5 Å². The molecular weight excluding hydrogens is 316 g/mol. The van der Waals surface area contributed by atoms with Gasteiger partial charge in [-0.25, -0.2) is 0 Å². The van der Waals surface area contributed by atoms with Gasteiger partial charge in [-0.1, -0.05) is 32.8 Å². The number of hydrogen-bond acceptors (Lipinski definition) is 4. The maximum Gasteiger partial charge on any atom is 0.236 e. The van der Waals surface area contributed by atoms with Gasteiger partial charge in [0.1, 0.15) is 13.2 Å². The van der Waals surface area contributed by atoms with Gasteiger partial charge in [0.25, 0.3) is 0 Å². The molecule has 1 saturated carbocycles. The maximum absolute atomic E-state index is 12.4. The van der Waals surface area contributed by atoms with Crippen molar-refractivity contribution < 1.29 is 14.3 Å². The Bertz CT molecular complexity index is 609. The van der Waals surface area contributed by atoms with E-state index in [-0.39, 0.29) is 11.3 Å². The summed E-state index contributed by atoms with van der Waals surface area (Å²) in [6.45, 7) is 5.99. The highest BCUT2D eigenvalue weighted by Gasteiger charge is 2.37. The smallest absolute Gasteiger partial charge is 0.236 e. The van der Waals surface area contributed by atoms with Gasteiger partial charge in [-0.2, -0.15) is 0 Å². The summed E-state index contributed by atoms with van der Waals surface area (Å²) < 4.78 is 11.4. The Morgan fingerprint density at radius 2 is 1.88 bits per heavy atom. The van der Waals surface area contributed by atoms with Gasteiger partial charge in [0.2, 0.25) is 5.91 Å². The van der Waals surface area contributed by atoms with Crippen molar-refractivity contribution in [2.75, 3.05) is 19.8 Å². The summed E-state index contributed by atoms with van der Waals surface area (Å²) in [5.74, 6) is 2.00. The molecular formula is C20H30N2O3. The first kappa shape index (κ1) is 18.1. The molecule has 1 heterocycles. The second-order valence-corrected chi connectivity index (χ2v) is 7.80. The summed E-state index contributed by atoms with van der Waals surface area (Å²) in [6.07, 6.45) is 5.23. The first-order valence-electron chi connectivity index (χ1n) is 9.44. The van der Waals surface area contributed by atoms with E-state index in [1.807, 2.05) is 6.07 Å². The third-order valence-electron chi connectivity index (χ3n) is 5.38. The van der Waals surface area contributed by atoms with Gasteiger partial charge in [-0.15, -0.1) is 0 Å². The van der Waals surface area contributed by atoms with E-state index >= 15 is 0 Å². The molecule has 5 nitrogen and oxygen atoms in total. The lowest BCUT2D eigenvalue weighted by molar-refractivity contribution is -0.123. The van der Waals surface area contributed by atoms with Crippen molar-refractivity contribution >= 4 is 5.91 Å². The molecule has 2 aliphatic rings. The molecule has 1 atom stereocenters. The summed E-state index contributed by atoms with van der Waals surface area (Å²) in [5.41, 5.74) is 7.23. The Balaban J connectivity index is 1.72. The monoisotopic (exact) mass is 346 g/mol. The van der Waals surface area contributed by atoms with Crippen molar-refractivity contribution in [2.45, 2.75) is 57.4 Å². The van der Waals surface area contributed by atoms with Crippen molar-refractivity contribution in [2.24, 2.45) is 11.7 Å². The van der Waals surface area contributed by atoms with Crippen LogP contribution in [-0.2, 0) is 10.2 Å². The largest absolute Gasteiger partial charge is 0.486 e. The van der Waals surface area contributed by atoms with E-state index < -0.39 is 6.04 Å². The molecule has 0 spiro atoms. The number of carbonyl (C=O) groups is 1. The van der Waals surface area contributed by atoms with Crippen LogP contribution in [0.1, 0.15) is 51.5 Å². The Labute approximate surface area is 150 Å². The van der Waals surface area contributed by atoms with Crippen LogP contribution in [0.15, 0.2) is 18.2 Å². The summed E-state index contributed by atoms with van der Waals surface area (Å²) in [5, 5.41) is 3.11. The lowest BCUT2D eigenvalue weighted by atomic mass is 9.78. The minimum absolute atomic E-state index is 0.0248. The first-order chi connectivity index (χ1) is 12.0. The van der Waals surface area contributed by atoms with E-state index in [0.29, 0.717) is 32.1 Å². The highest BCUT2D eigenvalue weighted by molar-refractivity contribution is 5.81. The van der Waals surface area contributed by atoms with E-state index in [1.165, 1.54) is 18.4 Å². The van der Waals surface area contributed by atoms with E-state index in [4.69, 9.17) is 15.2 Å². The second-order valence-electron chi connectivity index (χ2n) is 7.80. The standard InChI is InChI=1S/C20H30N2O3/c1-14(2)11-16(21)19(23)22-13-20(7-3-4-8-20)15-5-6-17-18(12-15)25-10-9-24-17/h5-6,12,14,16H,3-4,7-11,13,21H2,1-2H3,(H,22,23)/t16-/m0/s1. The van der Waals surface area contributed by atoms with Gasteiger partial charge in [0.05, 0.1) is 6.04 Å². The fraction of sp³-hybridized carbons (Fsp3) is 0.650. The molecule has 0 unspecified atom stereocenters. The van der Waals surface area contributed by atoms with Crippen LogP contribution >= 0.6 is 0 Å². The zero-order chi connectivity index (χ0) is 17.9. The molecule has 1 amide bonds. The third kappa shape index (κ3) is 4.09. The number of amides is 1. The Morgan fingerprint density at radius 1 is 1.20 bits per heavy atom. The summed E-state index contributed by atoms with van der Waals surface area (Å²) >= 11 is 0. The topological polar surface area (TPSA) is 73.6 Å².